The second-order valence-electron chi connectivity index (χ2n) is 20.8. The van der Waals surface area contributed by atoms with Gasteiger partial charge in [0.15, 0.2) is 0 Å². The molecule has 0 aromatic rings. The summed E-state index contributed by atoms with van der Waals surface area (Å²) in [5.41, 5.74) is 0. The number of unbranched alkanes of at least 4 members (excludes halogenated alkanes) is 40. The molecular formula is C61H117NO5. The number of carbonyl (C=O) groups excluding carboxylic acids is 2. The van der Waals surface area contributed by atoms with Gasteiger partial charge in [-0.2, -0.15) is 0 Å². The van der Waals surface area contributed by atoms with Crippen LogP contribution in [0.5, 0.6) is 0 Å². The van der Waals surface area contributed by atoms with Gasteiger partial charge in [-0.3, -0.25) is 9.59 Å². The minimum Gasteiger partial charge on any atom is -0.462 e. The van der Waals surface area contributed by atoms with Gasteiger partial charge in [-0.05, 0) is 51.4 Å². The number of aliphatic hydroxyl groups is 2. The second kappa shape index (κ2) is 55.3. The molecule has 67 heavy (non-hydrogen) atoms. The fourth-order valence-corrected chi connectivity index (χ4v) is 9.48. The van der Waals surface area contributed by atoms with Crippen LogP contribution in [0.3, 0.4) is 0 Å². The van der Waals surface area contributed by atoms with E-state index in [1.165, 1.54) is 231 Å². The van der Waals surface area contributed by atoms with Crippen molar-refractivity contribution in [2.75, 3.05) is 6.61 Å². The molecule has 6 nitrogen and oxygen atoms in total. The maximum Gasteiger partial charge on any atom is 0.306 e. The van der Waals surface area contributed by atoms with Crippen LogP contribution in [-0.4, -0.2) is 46.9 Å². The number of allylic oxidation sites excluding steroid dienone is 4. The van der Waals surface area contributed by atoms with E-state index in [1.807, 2.05) is 0 Å². The Bertz CT molecular complexity index is 1060. The Kier molecular flexibility index (Phi) is 53.9. The Morgan fingerprint density at radius 3 is 1.10 bits per heavy atom. The number of nitrogens with one attached hydrogen (secondary N) is 1. The summed E-state index contributed by atoms with van der Waals surface area (Å²) in [5.74, 6) is -0.469. The molecule has 0 aromatic carbocycles. The van der Waals surface area contributed by atoms with Crippen molar-refractivity contribution in [3.63, 3.8) is 0 Å². The van der Waals surface area contributed by atoms with E-state index in [1.54, 1.807) is 0 Å². The molecule has 3 N–H and O–H groups in total. The van der Waals surface area contributed by atoms with Crippen LogP contribution < -0.4 is 5.32 Å². The van der Waals surface area contributed by atoms with E-state index in [2.05, 4.69) is 50.4 Å². The van der Waals surface area contributed by atoms with Gasteiger partial charge in [0.05, 0.1) is 25.2 Å². The van der Waals surface area contributed by atoms with Crippen molar-refractivity contribution in [2.24, 2.45) is 0 Å². The average molecular weight is 945 g/mol. The fourth-order valence-electron chi connectivity index (χ4n) is 9.48. The third-order valence-corrected chi connectivity index (χ3v) is 14.1. The molecule has 6 heteroatoms. The number of aliphatic hydroxyl groups excluding tert-OH is 2. The molecule has 0 saturated heterocycles. The van der Waals surface area contributed by atoms with E-state index in [4.69, 9.17) is 4.74 Å². The molecule has 1 amide bonds. The summed E-state index contributed by atoms with van der Waals surface area (Å²) in [6.07, 6.45) is 65.3. The minimum absolute atomic E-state index is 0.0778. The predicted octanol–water partition coefficient (Wildman–Crippen LogP) is 18.6. The van der Waals surface area contributed by atoms with Crippen LogP contribution >= 0.6 is 0 Å². The van der Waals surface area contributed by atoms with E-state index in [-0.39, 0.29) is 24.9 Å². The predicted molar refractivity (Wildman–Crippen MR) is 292 cm³/mol. The van der Waals surface area contributed by atoms with Crippen molar-refractivity contribution in [3.8, 4) is 0 Å². The van der Waals surface area contributed by atoms with Gasteiger partial charge >= 0.3 is 5.97 Å². The molecule has 3 unspecified atom stereocenters. The minimum atomic E-state index is -0.787. The zero-order valence-electron chi connectivity index (χ0n) is 45.3. The van der Waals surface area contributed by atoms with Crippen molar-refractivity contribution in [3.05, 3.63) is 24.3 Å². The molecular weight excluding hydrogens is 827 g/mol. The van der Waals surface area contributed by atoms with Crippen LogP contribution in [-0.2, 0) is 14.3 Å². The van der Waals surface area contributed by atoms with Crippen molar-refractivity contribution >= 4 is 11.9 Å². The van der Waals surface area contributed by atoms with E-state index in [9.17, 15) is 19.8 Å². The quantitative estimate of drug-likeness (QED) is 0.0321. The molecule has 0 bridgehead atoms. The molecule has 0 aromatic heterocycles. The maximum atomic E-state index is 13.3. The molecule has 0 rings (SSSR count). The zero-order valence-corrected chi connectivity index (χ0v) is 45.3. The van der Waals surface area contributed by atoms with Gasteiger partial charge in [-0.25, -0.2) is 0 Å². The molecule has 0 fully saturated rings. The highest BCUT2D eigenvalue weighted by Gasteiger charge is 2.24. The summed E-state index contributed by atoms with van der Waals surface area (Å²) in [7, 11) is 0. The Balaban J connectivity index is 4.54. The van der Waals surface area contributed by atoms with Gasteiger partial charge in [-0.1, -0.05) is 289 Å². The van der Waals surface area contributed by atoms with Crippen LogP contribution in [0, 0.1) is 0 Å². The Morgan fingerprint density at radius 2 is 0.746 bits per heavy atom. The van der Waals surface area contributed by atoms with Crippen molar-refractivity contribution in [1.82, 2.24) is 5.32 Å². The van der Waals surface area contributed by atoms with Gasteiger partial charge in [-0.15, -0.1) is 0 Å². The topological polar surface area (TPSA) is 95.9 Å². The molecule has 396 valence electrons. The van der Waals surface area contributed by atoms with Gasteiger partial charge in [0.2, 0.25) is 5.91 Å². The van der Waals surface area contributed by atoms with Gasteiger partial charge in [0.1, 0.15) is 6.10 Å². The van der Waals surface area contributed by atoms with E-state index in [0.29, 0.717) is 19.3 Å². The summed E-state index contributed by atoms with van der Waals surface area (Å²) in [4.78, 5) is 26.3. The summed E-state index contributed by atoms with van der Waals surface area (Å²) in [5, 5.41) is 23.9. The molecule has 0 aliphatic rings. The molecule has 0 aliphatic carbocycles. The lowest BCUT2D eigenvalue weighted by molar-refractivity contribution is -0.151. The Morgan fingerprint density at radius 1 is 0.433 bits per heavy atom. The number of amides is 1. The van der Waals surface area contributed by atoms with Crippen molar-refractivity contribution < 1.29 is 24.5 Å². The maximum absolute atomic E-state index is 13.3. The monoisotopic (exact) mass is 944 g/mol. The SMILES string of the molecule is CCCCCCCCC/C=C/C=C/CCCCCCCC(=O)OC(CCCCCCCCCCCCCCCCCCC)CC(=O)NC(CO)C(O)CCCCCCCCCCCCCCC. The molecule has 0 aliphatic heterocycles. The summed E-state index contributed by atoms with van der Waals surface area (Å²) >= 11 is 0. The van der Waals surface area contributed by atoms with Crippen LogP contribution in [0.2, 0.25) is 0 Å². The molecule has 3 atom stereocenters. The van der Waals surface area contributed by atoms with Crippen LogP contribution in [0.15, 0.2) is 24.3 Å². The van der Waals surface area contributed by atoms with E-state index in [0.717, 1.165) is 51.4 Å². The number of hydrogen-bond acceptors (Lipinski definition) is 5. The summed E-state index contributed by atoms with van der Waals surface area (Å²) < 4.78 is 5.97. The lowest BCUT2D eigenvalue weighted by Gasteiger charge is -2.24. The first-order valence-corrected chi connectivity index (χ1v) is 30.1. The first-order valence-electron chi connectivity index (χ1n) is 30.1. The Labute approximate surface area is 418 Å². The third-order valence-electron chi connectivity index (χ3n) is 14.1. The van der Waals surface area contributed by atoms with E-state index >= 15 is 0 Å². The van der Waals surface area contributed by atoms with Gasteiger partial charge < -0.3 is 20.3 Å². The van der Waals surface area contributed by atoms with Gasteiger partial charge in [0, 0.05) is 6.42 Å². The lowest BCUT2D eigenvalue weighted by atomic mass is 10.0. The first-order chi connectivity index (χ1) is 33.0. The average Bonchev–Trinajstić information content (AvgIpc) is 3.32. The smallest absolute Gasteiger partial charge is 0.306 e. The fraction of sp³-hybridized carbons (Fsp3) is 0.902. The van der Waals surface area contributed by atoms with Crippen molar-refractivity contribution in [2.45, 2.75) is 347 Å². The standard InChI is InChI=1S/C61H117NO5/c1-4-7-10-13-16-19-22-25-27-29-31-33-36-39-42-45-48-51-54-61(66)67-57(52-49-46-43-40-37-35-32-30-28-26-23-20-17-14-11-8-5-2)55-60(65)62-58(56-63)59(64)53-50-47-44-41-38-34-24-21-18-15-12-9-6-3/h27,29,31,33,57-59,63-64H,4-26,28,30,32,34-56H2,1-3H3,(H,62,65)/b29-27+,33-31+. The van der Waals surface area contributed by atoms with Crippen LogP contribution in [0.25, 0.3) is 0 Å². The number of carbonyl (C=O) groups is 2. The Hall–Kier alpha value is -1.66. The zero-order chi connectivity index (χ0) is 48.8. The highest BCUT2D eigenvalue weighted by atomic mass is 16.5. The largest absolute Gasteiger partial charge is 0.462 e. The first kappa shape index (κ1) is 65.3. The second-order valence-corrected chi connectivity index (χ2v) is 20.8. The number of rotatable bonds is 55. The molecule has 0 heterocycles. The molecule has 0 saturated carbocycles. The van der Waals surface area contributed by atoms with Crippen LogP contribution in [0.4, 0.5) is 0 Å². The normalized spacial score (nSPS) is 13.2. The number of esters is 1. The van der Waals surface area contributed by atoms with Crippen molar-refractivity contribution in [1.29, 1.82) is 0 Å². The van der Waals surface area contributed by atoms with Gasteiger partial charge in [0.25, 0.3) is 0 Å². The highest BCUT2D eigenvalue weighted by molar-refractivity contribution is 5.77. The number of ether oxygens (including phenoxy) is 1. The summed E-state index contributed by atoms with van der Waals surface area (Å²) in [6.45, 7) is 6.52. The third kappa shape index (κ3) is 50.5. The van der Waals surface area contributed by atoms with E-state index < -0.39 is 18.2 Å². The van der Waals surface area contributed by atoms with Crippen LogP contribution in [0.1, 0.15) is 329 Å². The lowest BCUT2D eigenvalue weighted by Crippen LogP contribution is -2.46. The molecule has 0 radical (unpaired) electrons. The highest BCUT2D eigenvalue weighted by Crippen LogP contribution is 2.19. The molecule has 0 spiro atoms. The number of hydrogen-bond donors (Lipinski definition) is 3. The summed E-state index contributed by atoms with van der Waals surface area (Å²) in [6, 6.07) is -0.701.